The Morgan fingerprint density at radius 1 is 1.42 bits per heavy atom. The average Bonchev–Trinajstić information content (AvgIpc) is 2.51. The Labute approximate surface area is 123 Å². The van der Waals surface area contributed by atoms with Gasteiger partial charge < -0.3 is 5.32 Å². The van der Waals surface area contributed by atoms with E-state index in [4.69, 9.17) is 0 Å². The summed E-state index contributed by atoms with van der Waals surface area (Å²) in [6, 6.07) is 6.23. The molecule has 4 heteroatoms. The quantitative estimate of drug-likeness (QED) is 0.912. The van der Waals surface area contributed by atoms with Gasteiger partial charge in [-0.25, -0.2) is 4.39 Å². The van der Waals surface area contributed by atoms with Crippen molar-refractivity contribution in [1.82, 2.24) is 10.2 Å². The predicted molar refractivity (Wildman–Crippen MR) is 80.7 cm³/mol. The fourth-order valence-electron chi connectivity index (χ4n) is 2.64. The van der Waals surface area contributed by atoms with Crippen molar-refractivity contribution < 1.29 is 4.39 Å². The highest BCUT2D eigenvalue weighted by Crippen LogP contribution is 2.19. The molecule has 1 N–H and O–H groups in total. The molecule has 0 saturated carbocycles. The molecule has 106 valence electrons. The molecule has 1 saturated heterocycles. The standard InChI is InChI=1S/C15H22BrFN2/c1-3-15-10-19(11(2)4-5-18-15)9-12-6-13(16)8-14(17)7-12/h6-8,11,15,18H,3-5,9-10H2,1-2H3. The van der Waals surface area contributed by atoms with Crippen LogP contribution in [0.5, 0.6) is 0 Å². The van der Waals surface area contributed by atoms with Gasteiger partial charge in [-0.15, -0.1) is 0 Å². The van der Waals surface area contributed by atoms with Gasteiger partial charge in [-0.3, -0.25) is 4.90 Å². The van der Waals surface area contributed by atoms with Crippen molar-refractivity contribution in [3.8, 4) is 0 Å². The summed E-state index contributed by atoms with van der Waals surface area (Å²) < 4.78 is 14.3. The second kappa shape index (κ2) is 6.82. The van der Waals surface area contributed by atoms with Gasteiger partial charge in [0.2, 0.25) is 0 Å². The smallest absolute Gasteiger partial charge is 0.124 e. The Morgan fingerprint density at radius 3 is 2.89 bits per heavy atom. The zero-order valence-electron chi connectivity index (χ0n) is 11.6. The molecule has 2 atom stereocenters. The monoisotopic (exact) mass is 328 g/mol. The Kier molecular flexibility index (Phi) is 5.37. The lowest BCUT2D eigenvalue weighted by Gasteiger charge is -2.29. The molecule has 0 spiro atoms. The van der Waals surface area contributed by atoms with Crippen LogP contribution in [0.4, 0.5) is 4.39 Å². The minimum Gasteiger partial charge on any atom is -0.313 e. The summed E-state index contributed by atoms with van der Waals surface area (Å²) in [6.45, 7) is 7.39. The summed E-state index contributed by atoms with van der Waals surface area (Å²) in [5, 5.41) is 3.58. The third-order valence-corrected chi connectivity index (χ3v) is 4.33. The van der Waals surface area contributed by atoms with Crippen molar-refractivity contribution in [2.24, 2.45) is 0 Å². The summed E-state index contributed by atoms with van der Waals surface area (Å²) in [7, 11) is 0. The maximum absolute atomic E-state index is 13.4. The van der Waals surface area contributed by atoms with E-state index in [9.17, 15) is 4.39 Å². The summed E-state index contributed by atoms with van der Waals surface area (Å²) in [5.41, 5.74) is 1.04. The van der Waals surface area contributed by atoms with E-state index >= 15 is 0 Å². The Morgan fingerprint density at radius 2 is 2.21 bits per heavy atom. The maximum Gasteiger partial charge on any atom is 0.124 e. The van der Waals surface area contributed by atoms with Gasteiger partial charge in [0.05, 0.1) is 0 Å². The molecule has 0 aromatic heterocycles. The molecule has 0 radical (unpaired) electrons. The van der Waals surface area contributed by atoms with E-state index in [1.165, 1.54) is 6.07 Å². The second-order valence-electron chi connectivity index (χ2n) is 5.40. The topological polar surface area (TPSA) is 15.3 Å². The molecule has 0 aliphatic carbocycles. The van der Waals surface area contributed by atoms with E-state index in [1.54, 1.807) is 6.07 Å². The van der Waals surface area contributed by atoms with Crippen molar-refractivity contribution in [2.75, 3.05) is 13.1 Å². The molecule has 1 aliphatic rings. The van der Waals surface area contributed by atoms with E-state index in [0.29, 0.717) is 12.1 Å². The van der Waals surface area contributed by atoms with Gasteiger partial charge in [-0.1, -0.05) is 22.9 Å². The largest absolute Gasteiger partial charge is 0.313 e. The van der Waals surface area contributed by atoms with Crippen molar-refractivity contribution >= 4 is 15.9 Å². The van der Waals surface area contributed by atoms with Crippen molar-refractivity contribution in [2.45, 2.75) is 45.3 Å². The first-order valence-electron chi connectivity index (χ1n) is 7.01. The van der Waals surface area contributed by atoms with Crippen molar-refractivity contribution in [1.29, 1.82) is 0 Å². The molecule has 0 bridgehead atoms. The number of rotatable bonds is 3. The molecule has 19 heavy (non-hydrogen) atoms. The van der Waals surface area contributed by atoms with Gasteiger partial charge in [-0.05, 0) is 50.1 Å². The molecule has 1 aliphatic heterocycles. The van der Waals surface area contributed by atoms with Gasteiger partial charge in [-0.2, -0.15) is 0 Å². The minimum atomic E-state index is -0.169. The van der Waals surface area contributed by atoms with E-state index in [2.05, 4.69) is 40.0 Å². The molecular weight excluding hydrogens is 307 g/mol. The average molecular weight is 329 g/mol. The molecule has 1 aromatic carbocycles. The van der Waals surface area contributed by atoms with Gasteiger partial charge in [0.25, 0.3) is 0 Å². The molecule has 2 rings (SSSR count). The van der Waals surface area contributed by atoms with Crippen molar-refractivity contribution in [3.63, 3.8) is 0 Å². The summed E-state index contributed by atoms with van der Waals surface area (Å²) in [5.74, 6) is -0.169. The molecule has 0 amide bonds. The van der Waals surface area contributed by atoms with E-state index in [-0.39, 0.29) is 5.82 Å². The Balaban J connectivity index is 2.10. The van der Waals surface area contributed by atoms with Crippen LogP contribution in [-0.2, 0) is 6.54 Å². The molecule has 1 fully saturated rings. The van der Waals surface area contributed by atoms with Gasteiger partial charge >= 0.3 is 0 Å². The van der Waals surface area contributed by atoms with Gasteiger partial charge in [0, 0.05) is 29.6 Å². The zero-order chi connectivity index (χ0) is 13.8. The fraction of sp³-hybridized carbons (Fsp3) is 0.600. The first-order valence-corrected chi connectivity index (χ1v) is 7.80. The Hall–Kier alpha value is -0.450. The van der Waals surface area contributed by atoms with E-state index in [0.717, 1.165) is 42.5 Å². The number of nitrogens with one attached hydrogen (secondary N) is 1. The molecule has 2 unspecified atom stereocenters. The highest BCUT2D eigenvalue weighted by molar-refractivity contribution is 9.10. The lowest BCUT2D eigenvalue weighted by Crippen LogP contribution is -2.39. The number of nitrogens with zero attached hydrogens (tertiary/aromatic N) is 1. The fourth-order valence-corrected chi connectivity index (χ4v) is 3.15. The first kappa shape index (κ1) is 14.9. The number of benzene rings is 1. The molecule has 2 nitrogen and oxygen atoms in total. The van der Waals surface area contributed by atoms with Crippen LogP contribution in [0.2, 0.25) is 0 Å². The summed E-state index contributed by atoms with van der Waals surface area (Å²) in [6.07, 6.45) is 2.28. The van der Waals surface area contributed by atoms with Crippen LogP contribution in [0, 0.1) is 5.82 Å². The van der Waals surface area contributed by atoms with E-state index < -0.39 is 0 Å². The van der Waals surface area contributed by atoms with Gasteiger partial charge in [0.15, 0.2) is 0 Å². The summed E-state index contributed by atoms with van der Waals surface area (Å²) >= 11 is 3.36. The minimum absolute atomic E-state index is 0.169. The van der Waals surface area contributed by atoms with Crippen LogP contribution in [0.1, 0.15) is 32.3 Å². The number of halogens is 2. The Bertz CT molecular complexity index is 404. The number of hydrogen-bond acceptors (Lipinski definition) is 2. The first-order chi connectivity index (χ1) is 9.08. The summed E-state index contributed by atoms with van der Waals surface area (Å²) in [4.78, 5) is 2.45. The van der Waals surface area contributed by atoms with Crippen LogP contribution in [0.15, 0.2) is 22.7 Å². The SMILES string of the molecule is CCC1CN(Cc2cc(F)cc(Br)c2)C(C)CCN1. The van der Waals surface area contributed by atoms with E-state index in [1.807, 2.05) is 6.07 Å². The van der Waals surface area contributed by atoms with Crippen LogP contribution < -0.4 is 5.32 Å². The maximum atomic E-state index is 13.4. The highest BCUT2D eigenvalue weighted by Gasteiger charge is 2.22. The molecular formula is C15H22BrFN2. The van der Waals surface area contributed by atoms with Crippen molar-refractivity contribution in [3.05, 3.63) is 34.1 Å². The van der Waals surface area contributed by atoms with Crippen LogP contribution in [-0.4, -0.2) is 30.1 Å². The zero-order valence-corrected chi connectivity index (χ0v) is 13.2. The third kappa shape index (κ3) is 4.26. The lowest BCUT2D eigenvalue weighted by molar-refractivity contribution is 0.194. The lowest BCUT2D eigenvalue weighted by atomic mass is 10.1. The van der Waals surface area contributed by atoms with Gasteiger partial charge in [0.1, 0.15) is 5.82 Å². The molecule has 1 aromatic rings. The normalized spacial score (nSPS) is 25.3. The highest BCUT2D eigenvalue weighted by atomic mass is 79.9. The second-order valence-corrected chi connectivity index (χ2v) is 6.32. The van der Waals surface area contributed by atoms with Crippen LogP contribution >= 0.6 is 15.9 Å². The molecule has 1 heterocycles. The predicted octanol–water partition coefficient (Wildman–Crippen LogP) is 3.55. The third-order valence-electron chi connectivity index (χ3n) is 3.87. The van der Waals surface area contributed by atoms with Crippen LogP contribution in [0.25, 0.3) is 0 Å². The number of hydrogen-bond donors (Lipinski definition) is 1. The van der Waals surface area contributed by atoms with Crippen LogP contribution in [0.3, 0.4) is 0 Å².